The number of rotatable bonds is 3. The molecule has 0 saturated heterocycles. The van der Waals surface area contributed by atoms with E-state index < -0.39 is 35.0 Å². The van der Waals surface area contributed by atoms with Crippen LogP contribution in [0.2, 0.25) is 0 Å². The normalized spacial score (nSPS) is 19.8. The second kappa shape index (κ2) is 7.67. The van der Waals surface area contributed by atoms with E-state index in [1.807, 2.05) is 0 Å². The third-order valence-corrected chi connectivity index (χ3v) is 5.20. The zero-order chi connectivity index (χ0) is 21.5. The summed E-state index contributed by atoms with van der Waals surface area (Å²) in [6, 6.07) is 2.27. The summed E-state index contributed by atoms with van der Waals surface area (Å²) in [5.74, 6) is -1.77. The fraction of sp³-hybridized carbons (Fsp3) is 0.350. The van der Waals surface area contributed by atoms with Crippen LogP contribution >= 0.6 is 0 Å². The van der Waals surface area contributed by atoms with E-state index >= 15 is 0 Å². The molecule has 0 amide bonds. The van der Waals surface area contributed by atoms with E-state index in [4.69, 9.17) is 0 Å². The first-order chi connectivity index (χ1) is 14.2. The second-order valence-corrected chi connectivity index (χ2v) is 7.33. The number of aromatic hydroxyl groups is 1. The Balaban J connectivity index is 1.79. The van der Waals surface area contributed by atoms with Crippen molar-refractivity contribution in [1.29, 1.82) is 0 Å². The van der Waals surface area contributed by atoms with Gasteiger partial charge in [0.15, 0.2) is 5.82 Å². The van der Waals surface area contributed by atoms with Crippen LogP contribution in [0.4, 0.5) is 23.4 Å². The van der Waals surface area contributed by atoms with E-state index in [-0.39, 0.29) is 11.7 Å². The molecule has 2 atom stereocenters. The fourth-order valence-corrected chi connectivity index (χ4v) is 3.77. The zero-order valence-electron chi connectivity index (χ0n) is 15.6. The van der Waals surface area contributed by atoms with Crippen LogP contribution in [0.5, 0.6) is 5.75 Å². The molecule has 0 spiro atoms. The summed E-state index contributed by atoms with van der Waals surface area (Å²) in [6.07, 6.45) is 0.659. The highest BCUT2D eigenvalue weighted by Crippen LogP contribution is 2.40. The van der Waals surface area contributed by atoms with Gasteiger partial charge in [0.1, 0.15) is 17.3 Å². The van der Waals surface area contributed by atoms with Crippen molar-refractivity contribution in [2.75, 3.05) is 5.32 Å². The lowest BCUT2D eigenvalue weighted by atomic mass is 9.93. The summed E-state index contributed by atoms with van der Waals surface area (Å²) in [4.78, 5) is 4.05. The number of aliphatic hydroxyl groups excluding tert-OH is 1. The molecular formula is C20H18F4N4O2. The number of pyridine rings is 1. The Morgan fingerprint density at radius 1 is 1.10 bits per heavy atom. The quantitative estimate of drug-likeness (QED) is 0.546. The van der Waals surface area contributed by atoms with Crippen LogP contribution in [-0.4, -0.2) is 37.5 Å². The number of fused-ring (bicyclic) bond motifs is 1. The number of nitrogens with one attached hydrogen (secondary N) is 1. The molecule has 4 rings (SSSR count). The number of halogens is 4. The maximum atomic E-state index is 14.6. The van der Waals surface area contributed by atoms with Gasteiger partial charge in [0.2, 0.25) is 0 Å². The minimum absolute atomic E-state index is 0.0338. The predicted octanol–water partition coefficient (Wildman–Crippen LogP) is 4.27. The van der Waals surface area contributed by atoms with Gasteiger partial charge in [0, 0.05) is 29.2 Å². The molecule has 10 heteroatoms. The molecule has 3 aromatic rings. The summed E-state index contributed by atoms with van der Waals surface area (Å²) in [5.41, 5.74) is -1.86. The summed E-state index contributed by atoms with van der Waals surface area (Å²) >= 11 is 0. The van der Waals surface area contributed by atoms with Gasteiger partial charge in [-0.1, -0.05) is 0 Å². The molecule has 1 saturated carbocycles. The second-order valence-electron chi connectivity index (χ2n) is 7.33. The molecule has 2 heterocycles. The number of aromatic nitrogens is 3. The fourth-order valence-electron chi connectivity index (χ4n) is 3.77. The minimum atomic E-state index is -4.80. The van der Waals surface area contributed by atoms with Crippen LogP contribution in [0.25, 0.3) is 22.0 Å². The van der Waals surface area contributed by atoms with Gasteiger partial charge in [0.05, 0.1) is 17.2 Å². The molecule has 1 aromatic carbocycles. The molecule has 0 radical (unpaired) electrons. The maximum absolute atomic E-state index is 14.6. The van der Waals surface area contributed by atoms with Crippen LogP contribution in [-0.2, 0) is 6.18 Å². The van der Waals surface area contributed by atoms with Crippen LogP contribution in [0.15, 0.2) is 30.6 Å². The summed E-state index contributed by atoms with van der Waals surface area (Å²) in [7, 11) is 0. The highest BCUT2D eigenvalue weighted by molar-refractivity contribution is 6.00. The van der Waals surface area contributed by atoms with Crippen molar-refractivity contribution in [1.82, 2.24) is 15.2 Å². The van der Waals surface area contributed by atoms with Crippen LogP contribution in [0.3, 0.4) is 0 Å². The number of aliphatic hydroxyl groups is 1. The molecule has 2 aromatic heterocycles. The van der Waals surface area contributed by atoms with Gasteiger partial charge < -0.3 is 15.5 Å². The number of benzene rings is 1. The van der Waals surface area contributed by atoms with E-state index in [1.54, 1.807) is 0 Å². The molecular weight excluding hydrogens is 404 g/mol. The molecule has 0 aliphatic heterocycles. The van der Waals surface area contributed by atoms with E-state index in [2.05, 4.69) is 20.5 Å². The monoisotopic (exact) mass is 422 g/mol. The molecule has 1 aliphatic rings. The van der Waals surface area contributed by atoms with Gasteiger partial charge in [0.25, 0.3) is 0 Å². The highest BCUT2D eigenvalue weighted by atomic mass is 19.4. The molecule has 6 nitrogen and oxygen atoms in total. The topological polar surface area (TPSA) is 91.2 Å². The van der Waals surface area contributed by atoms with Crippen molar-refractivity contribution in [3.63, 3.8) is 0 Å². The predicted molar refractivity (Wildman–Crippen MR) is 101 cm³/mol. The van der Waals surface area contributed by atoms with Crippen molar-refractivity contribution in [2.45, 2.75) is 44.0 Å². The molecule has 30 heavy (non-hydrogen) atoms. The van der Waals surface area contributed by atoms with Gasteiger partial charge in [-0.25, -0.2) is 4.39 Å². The molecule has 0 bridgehead atoms. The third-order valence-electron chi connectivity index (χ3n) is 5.20. The van der Waals surface area contributed by atoms with Gasteiger partial charge in [-0.05, 0) is 43.9 Å². The van der Waals surface area contributed by atoms with Gasteiger partial charge in [-0.15, -0.1) is 10.2 Å². The van der Waals surface area contributed by atoms with E-state index in [1.165, 1.54) is 18.5 Å². The number of hydrogen-bond donors (Lipinski definition) is 3. The van der Waals surface area contributed by atoms with Crippen LogP contribution < -0.4 is 5.32 Å². The lowest BCUT2D eigenvalue weighted by Crippen LogP contribution is -2.30. The van der Waals surface area contributed by atoms with Gasteiger partial charge >= 0.3 is 6.18 Å². The first-order valence-corrected chi connectivity index (χ1v) is 9.39. The highest BCUT2D eigenvalue weighted by Gasteiger charge is 2.33. The minimum Gasteiger partial charge on any atom is -0.507 e. The van der Waals surface area contributed by atoms with Crippen molar-refractivity contribution in [2.24, 2.45) is 0 Å². The van der Waals surface area contributed by atoms with Crippen LogP contribution in [0, 0.1) is 5.82 Å². The molecule has 158 valence electrons. The zero-order valence-corrected chi connectivity index (χ0v) is 15.6. The Labute approximate surface area is 168 Å². The molecule has 1 aliphatic carbocycles. The Kier molecular flexibility index (Phi) is 5.19. The molecule has 3 N–H and O–H groups in total. The summed E-state index contributed by atoms with van der Waals surface area (Å²) in [6.45, 7) is 0. The number of nitrogens with zero attached hydrogens (tertiary/aromatic N) is 3. The van der Waals surface area contributed by atoms with Crippen molar-refractivity contribution in [3.8, 4) is 17.0 Å². The lowest BCUT2D eigenvalue weighted by molar-refractivity contribution is -0.137. The number of anilines is 1. The van der Waals surface area contributed by atoms with Crippen molar-refractivity contribution < 1.29 is 27.8 Å². The van der Waals surface area contributed by atoms with E-state index in [9.17, 15) is 27.8 Å². The Morgan fingerprint density at radius 3 is 2.60 bits per heavy atom. The van der Waals surface area contributed by atoms with Gasteiger partial charge in [-0.3, -0.25) is 4.98 Å². The maximum Gasteiger partial charge on any atom is 0.416 e. The number of phenols is 1. The third kappa shape index (κ3) is 3.87. The van der Waals surface area contributed by atoms with Crippen molar-refractivity contribution in [3.05, 3.63) is 42.0 Å². The standard InChI is InChI=1S/C20H18F4N4O2/c21-15-6-10(20(22,23)24)7-16(30)17(15)18-13-4-5-25-9-14(13)19(28-27-18)26-11-2-1-3-12(29)8-11/h4-7,9,11-12,29-30H,1-3,8H2,(H,26,28). The Morgan fingerprint density at radius 2 is 1.90 bits per heavy atom. The number of phenolic OH excluding ortho intramolecular Hbond substituents is 1. The largest absolute Gasteiger partial charge is 0.507 e. The summed E-state index contributed by atoms with van der Waals surface area (Å²) < 4.78 is 53.3. The molecule has 1 fully saturated rings. The Bertz CT molecular complexity index is 1070. The summed E-state index contributed by atoms with van der Waals surface area (Å²) in [5, 5.41) is 32.1. The SMILES string of the molecule is Oc1cc(C(F)(F)F)cc(F)c1-c1nnc(NC2CCCC(O)C2)c2cnccc12. The average Bonchev–Trinajstić information content (AvgIpc) is 2.68. The number of hydrogen-bond acceptors (Lipinski definition) is 6. The van der Waals surface area contributed by atoms with Crippen LogP contribution in [0.1, 0.15) is 31.2 Å². The Hall–Kier alpha value is -3.01. The van der Waals surface area contributed by atoms with Crippen molar-refractivity contribution >= 4 is 16.6 Å². The molecule has 2 unspecified atom stereocenters. The first-order valence-electron chi connectivity index (χ1n) is 9.39. The van der Waals surface area contributed by atoms with E-state index in [0.29, 0.717) is 35.1 Å². The number of alkyl halides is 3. The first kappa shape index (κ1) is 20.3. The smallest absolute Gasteiger partial charge is 0.416 e. The average molecular weight is 422 g/mol. The lowest BCUT2D eigenvalue weighted by Gasteiger charge is -2.27. The van der Waals surface area contributed by atoms with Gasteiger partial charge in [-0.2, -0.15) is 13.2 Å². The van der Waals surface area contributed by atoms with E-state index in [0.717, 1.165) is 19.3 Å².